The first-order valence-corrected chi connectivity index (χ1v) is 15.0. The van der Waals surface area contributed by atoms with Crippen LogP contribution in [0.2, 0.25) is 0 Å². The van der Waals surface area contributed by atoms with Gasteiger partial charge in [-0.15, -0.1) is 11.6 Å². The van der Waals surface area contributed by atoms with Crippen LogP contribution in [0.25, 0.3) is 0 Å². The largest absolute Gasteiger partial charge is 0.435 e. The number of carbonyl (C=O) groups is 1. The highest BCUT2D eigenvalue weighted by molar-refractivity contribution is 6.21. The zero-order chi connectivity index (χ0) is 27.9. The Balaban J connectivity index is 1.36. The molecule has 1 amide bonds. The van der Waals surface area contributed by atoms with Gasteiger partial charge in [-0.3, -0.25) is 14.9 Å². The van der Waals surface area contributed by atoms with Crippen molar-refractivity contribution < 1.29 is 22.4 Å². The Bertz CT molecular complexity index is 1040. The number of alkyl halides is 5. The van der Waals surface area contributed by atoms with Crippen molar-refractivity contribution in [2.75, 3.05) is 13.1 Å². The van der Waals surface area contributed by atoms with Gasteiger partial charge in [-0.2, -0.15) is 18.3 Å². The summed E-state index contributed by atoms with van der Waals surface area (Å²) in [6, 6.07) is -0.0644. The fourth-order valence-electron chi connectivity index (χ4n) is 7.21. The predicted octanol–water partition coefficient (Wildman–Crippen LogP) is 6.14. The summed E-state index contributed by atoms with van der Waals surface area (Å²) >= 11 is 6.27. The van der Waals surface area contributed by atoms with Crippen LogP contribution in [-0.4, -0.2) is 57.1 Å². The number of nitrogens with one attached hydrogen (secondary N) is 2. The maximum atomic E-state index is 14.0. The van der Waals surface area contributed by atoms with Gasteiger partial charge in [0.25, 0.3) is 0 Å². The molecule has 3 saturated carbocycles. The summed E-state index contributed by atoms with van der Waals surface area (Å²) in [5.74, 6) is 0.0695. The molecule has 2 N–H and O–H groups in total. The summed E-state index contributed by atoms with van der Waals surface area (Å²) in [4.78, 5) is 15.8. The lowest BCUT2D eigenvalue weighted by atomic mass is 9.71. The maximum absolute atomic E-state index is 14.0. The molecule has 2 heterocycles. The number of aromatic nitrogens is 2. The van der Waals surface area contributed by atoms with E-state index in [-0.39, 0.29) is 29.3 Å². The number of nitrogens with zero attached hydrogens (tertiary/aromatic N) is 3. The number of amidine groups is 1. The number of amides is 1. The van der Waals surface area contributed by atoms with E-state index in [2.05, 4.69) is 10.4 Å². The van der Waals surface area contributed by atoms with Gasteiger partial charge in [0.15, 0.2) is 5.69 Å². The third-order valence-corrected chi connectivity index (χ3v) is 9.83. The van der Waals surface area contributed by atoms with Crippen LogP contribution in [0.4, 0.5) is 17.6 Å². The Morgan fingerprint density at radius 1 is 1.18 bits per heavy atom. The molecule has 1 saturated heterocycles. The predicted molar refractivity (Wildman–Crippen MR) is 142 cm³/mol. The molecular formula is C28H40ClF4N5O. The molecule has 0 spiro atoms. The molecule has 7 atom stereocenters. The highest BCUT2D eigenvalue weighted by Crippen LogP contribution is 2.46. The van der Waals surface area contributed by atoms with Gasteiger partial charge in [0.2, 0.25) is 5.91 Å². The van der Waals surface area contributed by atoms with Crippen LogP contribution in [0.5, 0.6) is 0 Å². The minimum Gasteiger partial charge on any atom is -0.360 e. The van der Waals surface area contributed by atoms with E-state index in [1.54, 1.807) is 6.92 Å². The smallest absolute Gasteiger partial charge is 0.360 e. The van der Waals surface area contributed by atoms with Crippen LogP contribution in [0.3, 0.4) is 0 Å². The summed E-state index contributed by atoms with van der Waals surface area (Å²) in [5, 5.41) is 14.8. The summed E-state index contributed by atoms with van der Waals surface area (Å²) in [7, 11) is 0. The molecule has 4 aliphatic rings. The van der Waals surface area contributed by atoms with Gasteiger partial charge in [0.05, 0.1) is 11.2 Å². The van der Waals surface area contributed by atoms with Crippen molar-refractivity contribution in [1.82, 2.24) is 20.0 Å². The number of carbonyl (C=O) groups excluding carboxylic acids is 1. The summed E-state index contributed by atoms with van der Waals surface area (Å²) in [6.45, 7) is 3.46. The quantitative estimate of drug-likeness (QED) is 0.290. The number of hydrogen-bond acceptors (Lipinski definition) is 3. The SMILES string of the molecule is CCn1cc(C2CC(CN3CCCC3=N)CC(C(=O)N[C@@H](C3CC3)C3CCC(F)C(Cl)C3)C2)c(C(F)(F)F)n1. The lowest BCUT2D eigenvalue weighted by molar-refractivity contribution is -0.142. The van der Waals surface area contributed by atoms with Crippen LogP contribution < -0.4 is 5.32 Å². The van der Waals surface area contributed by atoms with Crippen molar-refractivity contribution >= 4 is 23.3 Å². The van der Waals surface area contributed by atoms with Crippen molar-refractivity contribution in [1.29, 1.82) is 5.41 Å². The Labute approximate surface area is 232 Å². The molecule has 1 aliphatic heterocycles. The molecule has 0 aromatic carbocycles. The minimum absolute atomic E-state index is 0.00224. The normalized spacial score (nSPS) is 32.9. The second-order valence-electron chi connectivity index (χ2n) is 12.2. The zero-order valence-corrected chi connectivity index (χ0v) is 23.3. The molecule has 0 bridgehead atoms. The number of halogens is 5. The van der Waals surface area contributed by atoms with Crippen LogP contribution in [0.15, 0.2) is 6.20 Å². The van der Waals surface area contributed by atoms with E-state index in [1.807, 2.05) is 4.90 Å². The maximum Gasteiger partial charge on any atom is 0.435 e. The van der Waals surface area contributed by atoms with Gasteiger partial charge in [-0.1, -0.05) is 0 Å². The highest BCUT2D eigenvalue weighted by atomic mass is 35.5. The van der Waals surface area contributed by atoms with Crippen molar-refractivity contribution in [2.24, 2.45) is 23.7 Å². The van der Waals surface area contributed by atoms with E-state index in [4.69, 9.17) is 17.0 Å². The minimum atomic E-state index is -4.57. The second kappa shape index (κ2) is 11.6. The van der Waals surface area contributed by atoms with Crippen molar-refractivity contribution in [3.8, 4) is 0 Å². The van der Waals surface area contributed by atoms with Crippen LogP contribution in [0.1, 0.15) is 88.3 Å². The molecule has 1 aromatic rings. The van der Waals surface area contributed by atoms with E-state index in [0.717, 1.165) is 25.8 Å². The molecule has 6 nitrogen and oxygen atoms in total. The lowest BCUT2D eigenvalue weighted by Gasteiger charge is -2.39. The molecule has 39 heavy (non-hydrogen) atoms. The molecule has 1 aromatic heterocycles. The third kappa shape index (κ3) is 6.57. The number of likely N-dealkylation sites (tertiary alicyclic amines) is 1. The standard InChI is InChI=1S/C28H40ClF4N5O/c1-2-38-15-21(26(36-38)28(31,32)33)19-10-16(14-37-9-3-4-24(37)34)11-20(12-19)27(39)35-25(17-5-6-17)18-7-8-23(30)22(29)13-18/h15-20,22-23,25,34H,2-14H2,1H3,(H,35,39)/t16?,18?,19?,20?,22?,23?,25-/m0/s1. The number of hydrogen-bond donors (Lipinski definition) is 2. The second-order valence-corrected chi connectivity index (χ2v) is 12.8. The lowest BCUT2D eigenvalue weighted by Crippen LogP contribution is -2.48. The molecule has 6 unspecified atom stereocenters. The van der Waals surface area contributed by atoms with Gasteiger partial charge >= 0.3 is 6.18 Å². The Morgan fingerprint density at radius 3 is 2.54 bits per heavy atom. The first-order chi connectivity index (χ1) is 18.5. The van der Waals surface area contributed by atoms with Crippen LogP contribution in [-0.2, 0) is 17.5 Å². The number of rotatable bonds is 8. The van der Waals surface area contributed by atoms with Gasteiger partial charge in [-0.05, 0) is 88.4 Å². The van der Waals surface area contributed by atoms with E-state index >= 15 is 0 Å². The van der Waals surface area contributed by atoms with Gasteiger partial charge in [0, 0.05) is 49.8 Å². The summed E-state index contributed by atoms with van der Waals surface area (Å²) in [5.41, 5.74) is -0.677. The molecule has 3 aliphatic carbocycles. The Kier molecular flexibility index (Phi) is 8.51. The van der Waals surface area contributed by atoms with Gasteiger partial charge in [-0.25, -0.2) is 4.39 Å². The monoisotopic (exact) mass is 573 g/mol. The average molecular weight is 574 g/mol. The van der Waals surface area contributed by atoms with Crippen LogP contribution >= 0.6 is 11.6 Å². The molecule has 5 rings (SSSR count). The van der Waals surface area contributed by atoms with Gasteiger partial charge in [0.1, 0.15) is 6.17 Å². The van der Waals surface area contributed by atoms with Crippen molar-refractivity contribution in [3.63, 3.8) is 0 Å². The number of aryl methyl sites for hydroxylation is 1. The highest BCUT2D eigenvalue weighted by Gasteiger charge is 2.45. The van der Waals surface area contributed by atoms with E-state index in [0.29, 0.717) is 69.8 Å². The fraction of sp³-hybridized carbons (Fsp3) is 0.821. The van der Waals surface area contributed by atoms with E-state index in [1.165, 1.54) is 10.9 Å². The molecule has 11 heteroatoms. The van der Waals surface area contributed by atoms with Crippen molar-refractivity contribution in [2.45, 2.75) is 107 Å². The zero-order valence-electron chi connectivity index (χ0n) is 22.5. The summed E-state index contributed by atoms with van der Waals surface area (Å²) in [6.07, 6.45) is 2.65. The van der Waals surface area contributed by atoms with E-state index < -0.39 is 35.3 Å². The Morgan fingerprint density at radius 2 is 1.92 bits per heavy atom. The first-order valence-electron chi connectivity index (χ1n) is 14.6. The first kappa shape index (κ1) is 28.7. The molecular weight excluding hydrogens is 534 g/mol. The topological polar surface area (TPSA) is 74.0 Å². The Hall–Kier alpha value is -1.84. The van der Waals surface area contributed by atoms with Crippen molar-refractivity contribution in [3.05, 3.63) is 17.5 Å². The molecule has 4 fully saturated rings. The van der Waals surface area contributed by atoms with Gasteiger partial charge < -0.3 is 10.2 Å². The van der Waals surface area contributed by atoms with Crippen LogP contribution in [0, 0.1) is 29.1 Å². The average Bonchev–Trinajstić information content (AvgIpc) is 3.50. The third-order valence-electron chi connectivity index (χ3n) is 9.38. The fourth-order valence-corrected chi connectivity index (χ4v) is 7.56. The molecule has 218 valence electrons. The van der Waals surface area contributed by atoms with E-state index in [9.17, 15) is 22.4 Å². The molecule has 0 radical (unpaired) electrons. The summed E-state index contributed by atoms with van der Waals surface area (Å²) < 4.78 is 57.3.